The van der Waals surface area contributed by atoms with Gasteiger partial charge in [-0.1, -0.05) is 83.8 Å². The van der Waals surface area contributed by atoms with Crippen LogP contribution >= 0.6 is 7.82 Å². The smallest absolute Gasteiger partial charge is 0.472 e. The van der Waals surface area contributed by atoms with Gasteiger partial charge in [0.25, 0.3) is 0 Å². The highest BCUT2D eigenvalue weighted by Gasteiger charge is 2.24. The number of likely N-dealkylation sites (N-methyl/N-ethyl adjacent to an activating group) is 1. The third kappa shape index (κ3) is 20.3. The van der Waals surface area contributed by atoms with Gasteiger partial charge in [-0.05, 0) is 55.7 Å². The highest BCUT2D eigenvalue weighted by Crippen LogP contribution is 2.43. The molecule has 0 amide bonds. The molecule has 0 aliphatic rings. The van der Waals surface area contributed by atoms with E-state index in [9.17, 15) is 14.3 Å². The Bertz CT molecular complexity index is 773. The second kappa shape index (κ2) is 23.5. The summed E-state index contributed by atoms with van der Waals surface area (Å²) in [4.78, 5) is 22.2. The first kappa shape index (κ1) is 35.8. The van der Waals surface area contributed by atoms with Crippen LogP contribution in [0, 0.1) is 5.92 Å². The van der Waals surface area contributed by atoms with E-state index in [0.717, 1.165) is 44.5 Å². The van der Waals surface area contributed by atoms with Crippen LogP contribution in [0.25, 0.3) is 0 Å². The molecule has 7 nitrogen and oxygen atoms in total. The zero-order valence-corrected chi connectivity index (χ0v) is 25.9. The van der Waals surface area contributed by atoms with Crippen molar-refractivity contribution in [3.8, 4) is 5.75 Å². The maximum absolute atomic E-state index is 12.2. The summed E-state index contributed by atoms with van der Waals surface area (Å²) in [6, 6.07) is 8.26. The molecule has 0 spiro atoms. The number of carbonyl (C=O) groups excluding carboxylic acids is 1. The largest absolute Gasteiger partial charge is 0.494 e. The van der Waals surface area contributed by atoms with Crippen molar-refractivity contribution in [2.75, 3.05) is 33.4 Å². The molecule has 226 valence electrons. The Labute approximate surface area is 238 Å². The lowest BCUT2D eigenvalue weighted by molar-refractivity contribution is -0.627. The molecule has 0 aromatic heterocycles. The van der Waals surface area contributed by atoms with Crippen LogP contribution in [-0.2, 0) is 24.8 Å². The summed E-state index contributed by atoms with van der Waals surface area (Å²) in [6.45, 7) is 5.77. The number of nitrogens with two attached hydrogens (primary N) is 1. The number of phosphoric ester groups is 1. The summed E-state index contributed by atoms with van der Waals surface area (Å²) >= 11 is 0. The van der Waals surface area contributed by atoms with Crippen molar-refractivity contribution in [2.24, 2.45) is 5.92 Å². The van der Waals surface area contributed by atoms with Crippen LogP contribution in [0.15, 0.2) is 24.3 Å². The average molecular weight is 571 g/mol. The molecule has 0 saturated carbocycles. The zero-order chi connectivity index (χ0) is 28.6. The number of ether oxygens (including phenoxy) is 1. The van der Waals surface area contributed by atoms with E-state index in [0.29, 0.717) is 19.4 Å². The van der Waals surface area contributed by atoms with Gasteiger partial charge in [0.1, 0.15) is 18.1 Å². The minimum atomic E-state index is -4.10. The first-order valence-corrected chi connectivity index (χ1v) is 17.0. The normalized spacial score (nSPS) is 13.7. The fourth-order valence-electron chi connectivity index (χ4n) is 4.60. The SMILES string of the molecule is CCCCCCCCCCCCOc1ccc(CCCC(COP(=O)(O)OCC[NH2+]C)CC(=O)CCC)cc1. The minimum absolute atomic E-state index is 0.0464. The lowest BCUT2D eigenvalue weighted by atomic mass is 9.94. The molecule has 0 fully saturated rings. The first-order valence-electron chi connectivity index (χ1n) is 15.5. The number of ketones is 1. The molecular weight excluding hydrogens is 513 g/mol. The molecule has 1 aromatic rings. The highest BCUT2D eigenvalue weighted by atomic mass is 31.2. The van der Waals surface area contributed by atoms with Crippen LogP contribution < -0.4 is 10.1 Å². The monoisotopic (exact) mass is 570 g/mol. The molecule has 2 atom stereocenters. The van der Waals surface area contributed by atoms with E-state index in [2.05, 4.69) is 19.1 Å². The van der Waals surface area contributed by atoms with Gasteiger partial charge in [-0.15, -0.1) is 0 Å². The summed E-state index contributed by atoms with van der Waals surface area (Å²) in [5, 5.41) is 1.86. The Morgan fingerprint density at radius 2 is 1.51 bits per heavy atom. The second-order valence-corrected chi connectivity index (χ2v) is 12.2. The molecule has 2 unspecified atom stereocenters. The van der Waals surface area contributed by atoms with Gasteiger partial charge in [-0.3, -0.25) is 13.8 Å². The summed E-state index contributed by atoms with van der Waals surface area (Å²) < 4.78 is 28.3. The Morgan fingerprint density at radius 3 is 2.13 bits per heavy atom. The lowest BCUT2D eigenvalue weighted by Gasteiger charge is -2.18. The van der Waals surface area contributed by atoms with Crippen molar-refractivity contribution < 1.29 is 33.4 Å². The highest BCUT2D eigenvalue weighted by molar-refractivity contribution is 7.47. The van der Waals surface area contributed by atoms with Gasteiger partial charge in [-0.2, -0.15) is 0 Å². The van der Waals surface area contributed by atoms with Crippen LogP contribution in [0.2, 0.25) is 0 Å². The summed E-state index contributed by atoms with van der Waals surface area (Å²) in [5.74, 6) is 0.976. The molecule has 1 aromatic carbocycles. The number of hydrogen-bond acceptors (Lipinski definition) is 5. The van der Waals surface area contributed by atoms with E-state index in [1.54, 1.807) is 0 Å². The second-order valence-electron chi connectivity index (χ2n) is 10.7. The van der Waals surface area contributed by atoms with Gasteiger partial charge < -0.3 is 14.9 Å². The van der Waals surface area contributed by atoms with Gasteiger partial charge in [0, 0.05) is 12.8 Å². The van der Waals surface area contributed by atoms with Crippen molar-refractivity contribution in [1.29, 1.82) is 0 Å². The van der Waals surface area contributed by atoms with Crippen molar-refractivity contribution >= 4 is 13.6 Å². The summed E-state index contributed by atoms with van der Waals surface area (Å²) in [6.07, 6.45) is 17.4. The van der Waals surface area contributed by atoms with Crippen molar-refractivity contribution in [3.63, 3.8) is 0 Å². The number of benzene rings is 1. The Hall–Kier alpha value is -1.24. The van der Waals surface area contributed by atoms with Crippen molar-refractivity contribution in [3.05, 3.63) is 29.8 Å². The number of unbranched alkanes of at least 4 members (excludes halogenated alkanes) is 9. The molecule has 1 rings (SSSR count). The molecule has 0 aliphatic carbocycles. The third-order valence-electron chi connectivity index (χ3n) is 6.95. The van der Waals surface area contributed by atoms with E-state index in [4.69, 9.17) is 13.8 Å². The molecule has 3 N–H and O–H groups in total. The van der Waals surface area contributed by atoms with Gasteiger partial charge in [0.2, 0.25) is 0 Å². The van der Waals surface area contributed by atoms with E-state index in [1.165, 1.54) is 63.4 Å². The van der Waals surface area contributed by atoms with E-state index >= 15 is 0 Å². The number of hydrogen-bond donors (Lipinski definition) is 2. The zero-order valence-electron chi connectivity index (χ0n) is 25.0. The van der Waals surface area contributed by atoms with Gasteiger partial charge in [-0.25, -0.2) is 4.57 Å². The fraction of sp³-hybridized carbons (Fsp3) is 0.774. The fourth-order valence-corrected chi connectivity index (χ4v) is 5.41. The Kier molecular flexibility index (Phi) is 21.5. The van der Waals surface area contributed by atoms with Crippen molar-refractivity contribution in [2.45, 2.75) is 117 Å². The van der Waals surface area contributed by atoms with Crippen LogP contribution in [-0.4, -0.2) is 44.1 Å². The van der Waals surface area contributed by atoms with Gasteiger partial charge in [0.15, 0.2) is 0 Å². The maximum atomic E-state index is 12.2. The number of rotatable bonds is 27. The number of aryl methyl sites for hydroxylation is 1. The Morgan fingerprint density at radius 1 is 0.872 bits per heavy atom. The molecule has 39 heavy (non-hydrogen) atoms. The molecule has 0 bridgehead atoms. The summed E-state index contributed by atoms with van der Waals surface area (Å²) in [7, 11) is -2.24. The predicted molar refractivity (Wildman–Crippen MR) is 159 cm³/mol. The lowest BCUT2D eigenvalue weighted by Crippen LogP contribution is -2.80. The van der Waals surface area contributed by atoms with E-state index < -0.39 is 7.82 Å². The molecule has 8 heteroatoms. The number of carbonyl (C=O) groups is 1. The van der Waals surface area contributed by atoms with Crippen LogP contribution in [0.3, 0.4) is 0 Å². The van der Waals surface area contributed by atoms with Gasteiger partial charge >= 0.3 is 7.82 Å². The quantitative estimate of drug-likeness (QED) is 0.0872. The standard InChI is InChI=1S/C31H56NO6P/c1-4-6-7-8-9-10-11-12-13-14-24-36-31-21-19-28(20-22-31)17-15-18-29(26-30(33)16-5-2)27-38-39(34,35)37-25-23-32-3/h19-22,29,32H,4-18,23-27H2,1-3H3,(H,34,35)/p+1. The van der Waals surface area contributed by atoms with Crippen LogP contribution in [0.5, 0.6) is 5.75 Å². The molecule has 0 aliphatic heterocycles. The van der Waals surface area contributed by atoms with E-state index in [-0.39, 0.29) is 24.9 Å². The predicted octanol–water partition coefficient (Wildman–Crippen LogP) is 7.01. The number of Topliss-reactive ketones (excluding diaryl/α,β-unsaturated/α-hetero) is 1. The minimum Gasteiger partial charge on any atom is -0.494 e. The third-order valence-corrected chi connectivity index (χ3v) is 7.93. The average Bonchev–Trinajstić information content (AvgIpc) is 2.91. The number of quaternary nitrogens is 1. The topological polar surface area (TPSA) is 98.7 Å². The number of phosphoric acid groups is 1. The van der Waals surface area contributed by atoms with Crippen LogP contribution in [0.1, 0.15) is 116 Å². The van der Waals surface area contributed by atoms with E-state index in [1.807, 2.05) is 31.4 Å². The summed E-state index contributed by atoms with van der Waals surface area (Å²) in [5.41, 5.74) is 1.22. The molecular formula is C31H57NO6P+. The molecule has 0 radical (unpaired) electrons. The first-order chi connectivity index (χ1) is 18.9. The van der Waals surface area contributed by atoms with Crippen LogP contribution in [0.4, 0.5) is 0 Å². The Balaban J connectivity index is 2.31. The van der Waals surface area contributed by atoms with Crippen molar-refractivity contribution in [1.82, 2.24) is 0 Å². The maximum Gasteiger partial charge on any atom is 0.472 e. The molecule has 0 heterocycles. The van der Waals surface area contributed by atoms with Gasteiger partial charge in [0.05, 0.1) is 26.8 Å². The molecule has 0 saturated heterocycles.